The number of methoxy groups -OCH3 is 1. The van der Waals surface area contributed by atoms with E-state index >= 15 is 0 Å². The number of halogens is 3. The summed E-state index contributed by atoms with van der Waals surface area (Å²) < 4.78 is 30.1. The maximum Gasteiger partial charge on any atom is 0.406 e. The van der Waals surface area contributed by atoms with Crippen molar-refractivity contribution in [2.45, 2.75) is 11.8 Å². The summed E-state index contributed by atoms with van der Waals surface area (Å²) in [5, 5.41) is 10.7. The van der Waals surface area contributed by atoms with E-state index in [0.29, 0.717) is 0 Å². The van der Waals surface area contributed by atoms with Gasteiger partial charge in [-0.2, -0.15) is 0 Å². The number of nitrogens with zero attached hydrogens (tertiary/aromatic N) is 2. The fourth-order valence-corrected chi connectivity index (χ4v) is 1.66. The van der Waals surface area contributed by atoms with E-state index in [1.54, 1.807) is 0 Å². The summed E-state index contributed by atoms with van der Waals surface area (Å²) in [6.45, 7) is 0. The Labute approximate surface area is 97.7 Å². The molecule has 1 rings (SSSR count). The van der Waals surface area contributed by atoms with E-state index in [1.165, 1.54) is 0 Å². The fraction of sp³-hybridized carbons (Fsp3) is 0.375. The standard InChI is InChI=1S/C8H7BrF2N2O3/c1-16-6-5(7(10)11)4(2-9)3-12-8(6)13(14)15/h3,7H,2H2,1H3. The minimum atomic E-state index is -2.86. The van der Waals surface area contributed by atoms with Crippen molar-refractivity contribution in [1.82, 2.24) is 4.98 Å². The zero-order chi connectivity index (χ0) is 12.3. The summed E-state index contributed by atoms with van der Waals surface area (Å²) in [6, 6.07) is 0. The number of hydrogen-bond donors (Lipinski definition) is 0. The van der Waals surface area contributed by atoms with Crippen LogP contribution in [0.5, 0.6) is 5.75 Å². The van der Waals surface area contributed by atoms with Crippen LogP contribution in [-0.4, -0.2) is 17.0 Å². The molecule has 0 spiro atoms. The molecule has 0 atom stereocenters. The lowest BCUT2D eigenvalue weighted by atomic mass is 10.1. The lowest BCUT2D eigenvalue weighted by Gasteiger charge is -2.10. The molecule has 0 aromatic carbocycles. The molecule has 0 aliphatic rings. The van der Waals surface area contributed by atoms with Crippen molar-refractivity contribution in [3.05, 3.63) is 27.4 Å². The lowest BCUT2D eigenvalue weighted by Crippen LogP contribution is -2.04. The Hall–Kier alpha value is -1.31. The fourth-order valence-electron chi connectivity index (χ4n) is 1.21. The van der Waals surface area contributed by atoms with Crippen LogP contribution in [0.4, 0.5) is 14.6 Å². The third-order valence-corrected chi connectivity index (χ3v) is 2.48. The predicted molar refractivity (Wildman–Crippen MR) is 55.0 cm³/mol. The molecule has 0 fully saturated rings. The normalized spacial score (nSPS) is 10.6. The molecular formula is C8H7BrF2N2O3. The Morgan fingerprint density at radius 1 is 1.69 bits per heavy atom. The van der Waals surface area contributed by atoms with Gasteiger partial charge in [0.25, 0.3) is 6.43 Å². The Morgan fingerprint density at radius 3 is 2.69 bits per heavy atom. The molecule has 0 unspecified atom stereocenters. The summed E-state index contributed by atoms with van der Waals surface area (Å²) in [6.07, 6.45) is -1.82. The Kier molecular flexibility index (Phi) is 4.11. The largest absolute Gasteiger partial charge is 0.489 e. The molecule has 5 nitrogen and oxygen atoms in total. The molecular weight excluding hydrogens is 290 g/mol. The summed E-state index contributed by atoms with van der Waals surface area (Å²) >= 11 is 3.00. The average molecular weight is 297 g/mol. The topological polar surface area (TPSA) is 65.3 Å². The lowest BCUT2D eigenvalue weighted by molar-refractivity contribution is -0.390. The van der Waals surface area contributed by atoms with Gasteiger partial charge in [-0.05, 0) is 9.91 Å². The van der Waals surface area contributed by atoms with Gasteiger partial charge in [0.1, 0.15) is 6.20 Å². The molecule has 0 amide bonds. The van der Waals surface area contributed by atoms with E-state index in [2.05, 4.69) is 25.7 Å². The monoisotopic (exact) mass is 296 g/mol. The smallest absolute Gasteiger partial charge is 0.406 e. The van der Waals surface area contributed by atoms with Gasteiger partial charge in [-0.15, -0.1) is 0 Å². The zero-order valence-electron chi connectivity index (χ0n) is 8.11. The van der Waals surface area contributed by atoms with E-state index in [0.717, 1.165) is 13.3 Å². The van der Waals surface area contributed by atoms with Crippen molar-refractivity contribution in [3.8, 4) is 5.75 Å². The molecule has 0 radical (unpaired) electrons. The van der Waals surface area contributed by atoms with Crippen molar-refractivity contribution in [2.75, 3.05) is 7.11 Å². The van der Waals surface area contributed by atoms with Crippen molar-refractivity contribution >= 4 is 21.7 Å². The van der Waals surface area contributed by atoms with Crippen LogP contribution in [0.2, 0.25) is 0 Å². The Morgan fingerprint density at radius 2 is 2.31 bits per heavy atom. The predicted octanol–water partition coefficient (Wildman–Crippen LogP) is 2.83. The highest BCUT2D eigenvalue weighted by Gasteiger charge is 2.28. The van der Waals surface area contributed by atoms with Crippen molar-refractivity contribution in [2.24, 2.45) is 0 Å². The zero-order valence-corrected chi connectivity index (χ0v) is 9.70. The summed E-state index contributed by atoms with van der Waals surface area (Å²) in [7, 11) is 1.09. The molecule has 0 saturated heterocycles. The number of hydrogen-bond acceptors (Lipinski definition) is 4. The van der Waals surface area contributed by atoms with Gasteiger partial charge >= 0.3 is 5.82 Å². The van der Waals surface area contributed by atoms with Gasteiger partial charge in [0.2, 0.25) is 5.75 Å². The summed E-state index contributed by atoms with van der Waals surface area (Å²) in [4.78, 5) is 13.2. The molecule has 1 aromatic heterocycles. The van der Waals surface area contributed by atoms with Gasteiger partial charge in [-0.25, -0.2) is 8.78 Å². The van der Waals surface area contributed by atoms with Gasteiger partial charge in [0, 0.05) is 10.9 Å². The van der Waals surface area contributed by atoms with Crippen LogP contribution >= 0.6 is 15.9 Å². The maximum atomic E-state index is 12.8. The SMILES string of the molecule is COc1c([N+](=O)[O-])ncc(CBr)c1C(F)F. The first-order valence-electron chi connectivity index (χ1n) is 4.07. The number of nitro groups is 1. The van der Waals surface area contributed by atoms with E-state index in [1.807, 2.05) is 0 Å². The molecule has 0 aliphatic carbocycles. The second-order valence-electron chi connectivity index (χ2n) is 2.75. The average Bonchev–Trinajstić information content (AvgIpc) is 2.26. The van der Waals surface area contributed by atoms with Crippen LogP contribution in [0.15, 0.2) is 6.20 Å². The Bertz CT molecular complexity index is 415. The molecule has 88 valence electrons. The van der Waals surface area contributed by atoms with Crippen LogP contribution < -0.4 is 4.74 Å². The molecule has 0 saturated carbocycles. The molecule has 1 aromatic rings. The quantitative estimate of drug-likeness (QED) is 0.487. The molecule has 0 N–H and O–H groups in total. The van der Waals surface area contributed by atoms with Crippen LogP contribution in [0, 0.1) is 10.1 Å². The van der Waals surface area contributed by atoms with Crippen molar-refractivity contribution in [3.63, 3.8) is 0 Å². The number of ether oxygens (including phenoxy) is 1. The first-order valence-corrected chi connectivity index (χ1v) is 5.19. The van der Waals surface area contributed by atoms with Gasteiger partial charge in [-0.3, -0.25) is 0 Å². The van der Waals surface area contributed by atoms with Gasteiger partial charge in [0.05, 0.1) is 12.7 Å². The number of aromatic nitrogens is 1. The van der Waals surface area contributed by atoms with E-state index in [-0.39, 0.29) is 10.9 Å². The Balaban J connectivity index is 3.49. The van der Waals surface area contributed by atoms with Crippen LogP contribution in [0.25, 0.3) is 0 Å². The van der Waals surface area contributed by atoms with Crippen LogP contribution in [0.3, 0.4) is 0 Å². The first-order chi connectivity index (χ1) is 7.52. The highest BCUT2D eigenvalue weighted by atomic mass is 79.9. The third-order valence-electron chi connectivity index (χ3n) is 1.88. The molecule has 0 bridgehead atoms. The van der Waals surface area contributed by atoms with Crippen LogP contribution in [0.1, 0.15) is 17.6 Å². The number of rotatable bonds is 4. The second-order valence-corrected chi connectivity index (χ2v) is 3.31. The van der Waals surface area contributed by atoms with Crippen LogP contribution in [-0.2, 0) is 5.33 Å². The highest BCUT2D eigenvalue weighted by Crippen LogP contribution is 2.38. The molecule has 8 heteroatoms. The van der Waals surface area contributed by atoms with Gasteiger partial charge in [-0.1, -0.05) is 15.9 Å². The molecule has 0 aliphatic heterocycles. The molecule has 1 heterocycles. The van der Waals surface area contributed by atoms with Gasteiger partial charge < -0.3 is 14.9 Å². The number of pyridine rings is 1. The minimum absolute atomic E-state index is 0.119. The van der Waals surface area contributed by atoms with E-state index in [4.69, 9.17) is 0 Å². The molecule has 16 heavy (non-hydrogen) atoms. The van der Waals surface area contributed by atoms with Crippen molar-refractivity contribution in [1.29, 1.82) is 0 Å². The third kappa shape index (κ3) is 2.26. The first kappa shape index (κ1) is 12.8. The summed E-state index contributed by atoms with van der Waals surface area (Å²) in [5.41, 5.74) is -0.335. The van der Waals surface area contributed by atoms with E-state index < -0.39 is 28.5 Å². The van der Waals surface area contributed by atoms with Crippen molar-refractivity contribution < 1.29 is 18.4 Å². The van der Waals surface area contributed by atoms with Gasteiger partial charge in [0.15, 0.2) is 0 Å². The second kappa shape index (κ2) is 5.15. The van der Waals surface area contributed by atoms with E-state index in [9.17, 15) is 18.9 Å². The minimum Gasteiger partial charge on any atom is -0.489 e. The highest BCUT2D eigenvalue weighted by molar-refractivity contribution is 9.08. The summed E-state index contributed by atoms with van der Waals surface area (Å²) in [5.74, 6) is -1.19. The number of alkyl halides is 3. The maximum absolute atomic E-state index is 12.8.